The van der Waals surface area contributed by atoms with Crippen LogP contribution in [0.25, 0.3) is 11.1 Å². The topological polar surface area (TPSA) is 17.8 Å². The summed E-state index contributed by atoms with van der Waals surface area (Å²) >= 11 is 0. The number of benzene rings is 1. The van der Waals surface area contributed by atoms with E-state index in [9.17, 15) is 0 Å². The Morgan fingerprint density at radius 3 is 2.67 bits per heavy atom. The van der Waals surface area contributed by atoms with Crippen LogP contribution in [0.2, 0.25) is 0 Å². The summed E-state index contributed by atoms with van der Waals surface area (Å²) in [5.41, 5.74) is 2.47. The maximum absolute atomic E-state index is 4.39. The van der Waals surface area contributed by atoms with Crippen molar-refractivity contribution in [2.24, 2.45) is 5.92 Å². The maximum Gasteiger partial charge on any atom is 0.0568 e. The van der Waals surface area contributed by atoms with Crippen molar-refractivity contribution < 1.29 is 0 Å². The summed E-state index contributed by atoms with van der Waals surface area (Å²) in [7, 11) is 0. The summed E-state index contributed by atoms with van der Waals surface area (Å²) in [6.45, 7) is 1.09. The number of hydrogen-bond donors (Lipinski definition) is 0. The van der Waals surface area contributed by atoms with Crippen LogP contribution >= 0.6 is 0 Å². The number of aromatic nitrogens is 2. The second-order valence-electron chi connectivity index (χ2n) is 4.26. The molecule has 0 saturated heterocycles. The van der Waals surface area contributed by atoms with Crippen LogP contribution in [0.1, 0.15) is 12.8 Å². The van der Waals surface area contributed by atoms with E-state index in [-0.39, 0.29) is 0 Å². The summed E-state index contributed by atoms with van der Waals surface area (Å²) in [6.07, 6.45) is 6.85. The second kappa shape index (κ2) is 3.54. The van der Waals surface area contributed by atoms with Crippen LogP contribution in [0.3, 0.4) is 0 Å². The van der Waals surface area contributed by atoms with Gasteiger partial charge in [-0.1, -0.05) is 30.3 Å². The zero-order chi connectivity index (χ0) is 10.1. The van der Waals surface area contributed by atoms with Gasteiger partial charge >= 0.3 is 0 Å². The zero-order valence-electron chi connectivity index (χ0n) is 8.63. The molecule has 2 heteroatoms. The van der Waals surface area contributed by atoms with Crippen molar-refractivity contribution in [3.05, 3.63) is 42.7 Å². The first-order valence-corrected chi connectivity index (χ1v) is 5.50. The summed E-state index contributed by atoms with van der Waals surface area (Å²) in [5, 5.41) is 4.39. The van der Waals surface area contributed by atoms with Gasteiger partial charge in [0.05, 0.1) is 6.20 Å². The van der Waals surface area contributed by atoms with E-state index in [1.807, 2.05) is 12.3 Å². The molecule has 0 N–H and O–H groups in total. The van der Waals surface area contributed by atoms with E-state index in [0.29, 0.717) is 0 Å². The molecule has 1 aromatic carbocycles. The molecule has 0 amide bonds. The predicted octanol–water partition coefficient (Wildman–Crippen LogP) is 2.96. The first-order valence-electron chi connectivity index (χ1n) is 5.50. The minimum absolute atomic E-state index is 0.883. The van der Waals surface area contributed by atoms with E-state index >= 15 is 0 Å². The highest BCUT2D eigenvalue weighted by molar-refractivity contribution is 5.61. The molecule has 76 valence electrons. The Balaban J connectivity index is 1.83. The van der Waals surface area contributed by atoms with Gasteiger partial charge in [-0.3, -0.25) is 4.68 Å². The normalized spacial score (nSPS) is 15.5. The van der Waals surface area contributed by atoms with Crippen molar-refractivity contribution in [2.75, 3.05) is 0 Å². The molecule has 0 bridgehead atoms. The SMILES string of the molecule is c1ccc(-c2cnn(CC3CC3)c2)cc1. The molecular formula is C13H14N2. The van der Waals surface area contributed by atoms with Crippen molar-refractivity contribution in [3.63, 3.8) is 0 Å². The second-order valence-corrected chi connectivity index (χ2v) is 4.26. The van der Waals surface area contributed by atoms with Gasteiger partial charge in [-0.25, -0.2) is 0 Å². The van der Waals surface area contributed by atoms with Crippen LogP contribution in [0, 0.1) is 5.92 Å². The molecular weight excluding hydrogens is 184 g/mol. The third kappa shape index (κ3) is 1.94. The minimum Gasteiger partial charge on any atom is -0.272 e. The molecule has 3 rings (SSSR count). The van der Waals surface area contributed by atoms with Crippen LogP contribution in [0.4, 0.5) is 0 Å². The highest BCUT2D eigenvalue weighted by atomic mass is 15.3. The Morgan fingerprint density at radius 1 is 1.13 bits per heavy atom. The van der Waals surface area contributed by atoms with Crippen LogP contribution < -0.4 is 0 Å². The molecule has 2 nitrogen and oxygen atoms in total. The van der Waals surface area contributed by atoms with Gasteiger partial charge in [0.1, 0.15) is 0 Å². The van der Waals surface area contributed by atoms with Crippen molar-refractivity contribution in [1.29, 1.82) is 0 Å². The summed E-state index contributed by atoms with van der Waals surface area (Å²) in [4.78, 5) is 0. The molecule has 1 fully saturated rings. The van der Waals surface area contributed by atoms with Gasteiger partial charge in [0.2, 0.25) is 0 Å². The Hall–Kier alpha value is -1.57. The predicted molar refractivity (Wildman–Crippen MR) is 60.4 cm³/mol. The van der Waals surface area contributed by atoms with Gasteiger partial charge in [0, 0.05) is 18.3 Å². The molecule has 0 atom stereocenters. The van der Waals surface area contributed by atoms with Gasteiger partial charge in [-0.15, -0.1) is 0 Å². The first-order chi connectivity index (χ1) is 7.42. The van der Waals surface area contributed by atoms with Crippen molar-refractivity contribution in [3.8, 4) is 11.1 Å². The molecule has 0 spiro atoms. The van der Waals surface area contributed by atoms with Crippen molar-refractivity contribution in [1.82, 2.24) is 9.78 Å². The largest absolute Gasteiger partial charge is 0.272 e. The average Bonchev–Trinajstić information content (AvgIpc) is 2.96. The number of rotatable bonds is 3. The minimum atomic E-state index is 0.883. The maximum atomic E-state index is 4.39. The van der Waals surface area contributed by atoms with Crippen LogP contribution in [-0.4, -0.2) is 9.78 Å². The zero-order valence-corrected chi connectivity index (χ0v) is 8.63. The average molecular weight is 198 g/mol. The Labute approximate surface area is 89.5 Å². The fraction of sp³-hybridized carbons (Fsp3) is 0.308. The van der Waals surface area contributed by atoms with Crippen LogP contribution in [0.5, 0.6) is 0 Å². The van der Waals surface area contributed by atoms with Crippen LogP contribution in [0.15, 0.2) is 42.7 Å². The third-order valence-electron chi connectivity index (χ3n) is 2.88. The van der Waals surface area contributed by atoms with E-state index in [1.54, 1.807) is 0 Å². The molecule has 1 saturated carbocycles. The highest BCUT2D eigenvalue weighted by Gasteiger charge is 2.21. The molecule has 15 heavy (non-hydrogen) atoms. The van der Waals surface area contributed by atoms with Gasteiger partial charge in [-0.05, 0) is 24.3 Å². The quantitative estimate of drug-likeness (QED) is 0.741. The fourth-order valence-electron chi connectivity index (χ4n) is 1.81. The van der Waals surface area contributed by atoms with E-state index in [1.165, 1.54) is 24.0 Å². The lowest BCUT2D eigenvalue weighted by Gasteiger charge is -1.97. The molecule has 1 aliphatic rings. The molecule has 0 aliphatic heterocycles. The first kappa shape index (κ1) is 8.72. The molecule has 1 aliphatic carbocycles. The van der Waals surface area contributed by atoms with Crippen molar-refractivity contribution in [2.45, 2.75) is 19.4 Å². The molecule has 0 unspecified atom stereocenters. The molecule has 1 heterocycles. The summed E-state index contributed by atoms with van der Waals surface area (Å²) < 4.78 is 2.07. The number of nitrogens with zero attached hydrogens (tertiary/aromatic N) is 2. The fourth-order valence-corrected chi connectivity index (χ4v) is 1.81. The van der Waals surface area contributed by atoms with Gasteiger partial charge < -0.3 is 0 Å². The Bertz CT molecular complexity index is 441. The summed E-state index contributed by atoms with van der Waals surface area (Å²) in [6, 6.07) is 10.4. The smallest absolute Gasteiger partial charge is 0.0568 e. The molecule has 0 radical (unpaired) electrons. The summed E-state index contributed by atoms with van der Waals surface area (Å²) in [5.74, 6) is 0.883. The van der Waals surface area contributed by atoms with E-state index in [0.717, 1.165) is 12.5 Å². The lowest BCUT2D eigenvalue weighted by molar-refractivity contribution is 0.563. The molecule has 2 aromatic rings. The monoisotopic (exact) mass is 198 g/mol. The molecule has 1 aromatic heterocycles. The van der Waals surface area contributed by atoms with E-state index in [4.69, 9.17) is 0 Å². The highest BCUT2D eigenvalue weighted by Crippen LogP contribution is 2.30. The number of hydrogen-bond acceptors (Lipinski definition) is 1. The van der Waals surface area contributed by atoms with Gasteiger partial charge in [0.15, 0.2) is 0 Å². The lowest BCUT2D eigenvalue weighted by atomic mass is 10.1. The Kier molecular flexibility index (Phi) is 2.05. The van der Waals surface area contributed by atoms with Gasteiger partial charge in [-0.2, -0.15) is 5.10 Å². The standard InChI is InChI=1S/C13H14N2/c1-2-4-12(5-3-1)13-8-14-15(10-13)9-11-6-7-11/h1-5,8,10-11H,6-7,9H2. The third-order valence-corrected chi connectivity index (χ3v) is 2.88. The van der Waals surface area contributed by atoms with Gasteiger partial charge in [0.25, 0.3) is 0 Å². The lowest BCUT2D eigenvalue weighted by Crippen LogP contribution is -1.98. The van der Waals surface area contributed by atoms with Crippen LogP contribution in [-0.2, 0) is 6.54 Å². The van der Waals surface area contributed by atoms with E-state index in [2.05, 4.69) is 40.2 Å². The Morgan fingerprint density at radius 2 is 1.93 bits per heavy atom. The van der Waals surface area contributed by atoms with Crippen molar-refractivity contribution >= 4 is 0 Å². The van der Waals surface area contributed by atoms with E-state index < -0.39 is 0 Å².